The van der Waals surface area contributed by atoms with Crippen LogP contribution in [0.2, 0.25) is 0 Å². The van der Waals surface area contributed by atoms with Crippen LogP contribution in [0.25, 0.3) is 0 Å². The second-order valence-electron chi connectivity index (χ2n) is 5.43. The van der Waals surface area contributed by atoms with Crippen LogP contribution in [0.3, 0.4) is 0 Å². The first-order valence-corrected chi connectivity index (χ1v) is 6.64. The number of nitrogen functional groups attached to an aromatic ring is 1. The number of aryl methyl sites for hydroxylation is 1. The van der Waals surface area contributed by atoms with Gasteiger partial charge in [0.25, 0.3) is 0 Å². The Bertz CT molecular complexity index is 573. The van der Waals surface area contributed by atoms with E-state index in [0.717, 1.165) is 23.1 Å². The Morgan fingerprint density at radius 1 is 1.11 bits per heavy atom. The van der Waals surface area contributed by atoms with Gasteiger partial charge in [-0.15, -0.1) is 0 Å². The van der Waals surface area contributed by atoms with Crippen molar-refractivity contribution in [2.24, 2.45) is 0 Å². The van der Waals surface area contributed by atoms with Gasteiger partial charge in [-0.05, 0) is 23.6 Å². The summed E-state index contributed by atoms with van der Waals surface area (Å²) in [6, 6.07) is 14.1. The average molecular weight is 255 g/mol. The Morgan fingerprint density at radius 2 is 1.74 bits per heavy atom. The third-order valence-electron chi connectivity index (χ3n) is 3.78. The van der Waals surface area contributed by atoms with E-state index >= 15 is 0 Å². The fourth-order valence-corrected chi connectivity index (χ4v) is 2.41. The van der Waals surface area contributed by atoms with E-state index in [1.165, 1.54) is 0 Å². The van der Waals surface area contributed by atoms with E-state index in [1.807, 2.05) is 24.3 Å². The zero-order valence-electron chi connectivity index (χ0n) is 11.8. The van der Waals surface area contributed by atoms with Gasteiger partial charge in [0.05, 0.1) is 5.69 Å². The molecule has 2 aromatic rings. The monoisotopic (exact) mass is 255 g/mol. The molecule has 0 atom stereocenters. The molecule has 19 heavy (non-hydrogen) atoms. The van der Waals surface area contributed by atoms with Crippen molar-refractivity contribution in [2.75, 3.05) is 5.73 Å². The molecule has 100 valence electrons. The van der Waals surface area contributed by atoms with Gasteiger partial charge in [-0.2, -0.15) is 0 Å². The summed E-state index contributed by atoms with van der Waals surface area (Å²) >= 11 is 0. The first-order chi connectivity index (χ1) is 8.96. The lowest BCUT2D eigenvalue weighted by atomic mass is 9.77. The first kappa shape index (κ1) is 13.5. The highest BCUT2D eigenvalue weighted by Crippen LogP contribution is 2.40. The molecule has 0 heterocycles. The fraction of sp³-hybridized carbons (Fsp3) is 0.294. The van der Waals surface area contributed by atoms with E-state index in [1.54, 1.807) is 0 Å². The maximum atomic E-state index is 10.3. The molecule has 0 saturated heterocycles. The molecule has 2 heteroatoms. The van der Waals surface area contributed by atoms with Crippen molar-refractivity contribution in [3.8, 4) is 5.75 Å². The Labute approximate surface area is 114 Å². The van der Waals surface area contributed by atoms with Crippen LogP contribution < -0.4 is 5.73 Å². The summed E-state index contributed by atoms with van der Waals surface area (Å²) in [7, 11) is 0. The largest absolute Gasteiger partial charge is 0.505 e. The lowest BCUT2D eigenvalue weighted by Crippen LogP contribution is -2.19. The van der Waals surface area contributed by atoms with Gasteiger partial charge in [0.15, 0.2) is 0 Å². The van der Waals surface area contributed by atoms with Crippen LogP contribution in [0.4, 0.5) is 5.69 Å². The summed E-state index contributed by atoms with van der Waals surface area (Å²) < 4.78 is 0. The van der Waals surface area contributed by atoms with Crippen molar-refractivity contribution in [1.29, 1.82) is 0 Å². The van der Waals surface area contributed by atoms with E-state index in [-0.39, 0.29) is 11.2 Å². The van der Waals surface area contributed by atoms with Gasteiger partial charge in [-0.25, -0.2) is 0 Å². The van der Waals surface area contributed by atoms with Gasteiger partial charge >= 0.3 is 0 Å². The van der Waals surface area contributed by atoms with E-state index < -0.39 is 0 Å². The number of benzene rings is 2. The standard InChI is InChI=1S/C17H21NO/c1-4-12-10-14(16(19)15(18)11-12)17(2,3)13-8-6-5-7-9-13/h5-11,19H,4,18H2,1-3H3. The molecule has 2 aromatic carbocycles. The number of hydrogen-bond acceptors (Lipinski definition) is 2. The zero-order valence-corrected chi connectivity index (χ0v) is 11.8. The lowest BCUT2D eigenvalue weighted by molar-refractivity contribution is 0.455. The van der Waals surface area contributed by atoms with Gasteiger partial charge in [0, 0.05) is 11.0 Å². The minimum atomic E-state index is -0.273. The number of phenolic OH excluding ortho intramolecular Hbond substituents is 1. The fourth-order valence-electron chi connectivity index (χ4n) is 2.41. The van der Waals surface area contributed by atoms with Crippen LogP contribution >= 0.6 is 0 Å². The van der Waals surface area contributed by atoms with Crippen LogP contribution in [-0.4, -0.2) is 5.11 Å². The van der Waals surface area contributed by atoms with Crippen molar-refractivity contribution >= 4 is 5.69 Å². The maximum Gasteiger partial charge on any atom is 0.142 e. The van der Waals surface area contributed by atoms with Gasteiger partial charge < -0.3 is 10.8 Å². The van der Waals surface area contributed by atoms with E-state index in [9.17, 15) is 5.11 Å². The second-order valence-corrected chi connectivity index (χ2v) is 5.43. The summed E-state index contributed by atoms with van der Waals surface area (Å²) in [5.41, 5.74) is 9.30. The number of phenols is 1. The van der Waals surface area contributed by atoms with E-state index in [0.29, 0.717) is 5.69 Å². The quantitative estimate of drug-likeness (QED) is 0.646. The number of aromatic hydroxyl groups is 1. The molecule has 2 rings (SSSR count). The minimum Gasteiger partial charge on any atom is -0.505 e. The third-order valence-corrected chi connectivity index (χ3v) is 3.78. The highest BCUT2D eigenvalue weighted by molar-refractivity contribution is 5.61. The van der Waals surface area contributed by atoms with Crippen LogP contribution in [0.5, 0.6) is 5.75 Å². The summed E-state index contributed by atoms with van der Waals surface area (Å²) in [6.07, 6.45) is 0.905. The molecule has 0 aliphatic heterocycles. The topological polar surface area (TPSA) is 46.2 Å². The SMILES string of the molecule is CCc1cc(N)c(O)c(C(C)(C)c2ccccc2)c1. The number of nitrogens with two attached hydrogens (primary N) is 1. The van der Waals surface area contributed by atoms with Crippen molar-refractivity contribution in [2.45, 2.75) is 32.6 Å². The van der Waals surface area contributed by atoms with Gasteiger partial charge in [-0.1, -0.05) is 57.2 Å². The third kappa shape index (κ3) is 2.43. The second kappa shape index (κ2) is 4.96. The molecule has 0 amide bonds. The Hall–Kier alpha value is -1.96. The minimum absolute atomic E-state index is 0.200. The molecular formula is C17H21NO. The summed E-state index contributed by atoms with van der Waals surface area (Å²) in [4.78, 5) is 0. The summed E-state index contributed by atoms with van der Waals surface area (Å²) in [5, 5.41) is 10.3. The van der Waals surface area contributed by atoms with E-state index in [2.05, 4.69) is 39.0 Å². The molecule has 3 N–H and O–H groups in total. The van der Waals surface area contributed by atoms with Gasteiger partial charge in [0.2, 0.25) is 0 Å². The normalized spacial score (nSPS) is 11.5. The maximum absolute atomic E-state index is 10.3. The lowest BCUT2D eigenvalue weighted by Gasteiger charge is -2.28. The molecule has 2 nitrogen and oxygen atoms in total. The van der Waals surface area contributed by atoms with Crippen LogP contribution in [0, 0.1) is 0 Å². The molecule has 0 aliphatic carbocycles. The molecular weight excluding hydrogens is 234 g/mol. The smallest absolute Gasteiger partial charge is 0.142 e. The average Bonchev–Trinajstić information content (AvgIpc) is 2.42. The van der Waals surface area contributed by atoms with Crippen molar-refractivity contribution in [3.05, 3.63) is 59.2 Å². The zero-order chi connectivity index (χ0) is 14.0. The van der Waals surface area contributed by atoms with Crippen molar-refractivity contribution < 1.29 is 5.11 Å². The Balaban J connectivity index is 2.60. The first-order valence-electron chi connectivity index (χ1n) is 6.64. The molecule has 0 spiro atoms. The Morgan fingerprint density at radius 3 is 2.32 bits per heavy atom. The van der Waals surface area contributed by atoms with Crippen molar-refractivity contribution in [1.82, 2.24) is 0 Å². The number of anilines is 1. The molecule has 0 bridgehead atoms. The highest BCUT2D eigenvalue weighted by atomic mass is 16.3. The van der Waals surface area contributed by atoms with Crippen molar-refractivity contribution in [3.63, 3.8) is 0 Å². The van der Waals surface area contributed by atoms with Gasteiger partial charge in [0.1, 0.15) is 5.75 Å². The van der Waals surface area contributed by atoms with Crippen LogP contribution in [0.1, 0.15) is 37.5 Å². The molecule has 0 radical (unpaired) electrons. The van der Waals surface area contributed by atoms with Crippen LogP contribution in [-0.2, 0) is 11.8 Å². The number of rotatable bonds is 3. The predicted octanol–water partition coefficient (Wildman–Crippen LogP) is 3.86. The molecule has 0 aliphatic rings. The summed E-state index contributed by atoms with van der Waals surface area (Å²) in [6.45, 7) is 6.30. The van der Waals surface area contributed by atoms with Crippen LogP contribution in [0.15, 0.2) is 42.5 Å². The molecule has 0 fully saturated rings. The predicted molar refractivity (Wildman–Crippen MR) is 80.5 cm³/mol. The summed E-state index contributed by atoms with van der Waals surface area (Å²) in [5.74, 6) is 0.200. The number of hydrogen-bond donors (Lipinski definition) is 2. The molecule has 0 unspecified atom stereocenters. The van der Waals surface area contributed by atoms with Gasteiger partial charge in [-0.3, -0.25) is 0 Å². The molecule has 0 saturated carbocycles. The highest BCUT2D eigenvalue weighted by Gasteiger charge is 2.27. The van der Waals surface area contributed by atoms with E-state index in [4.69, 9.17) is 5.73 Å². The molecule has 0 aromatic heterocycles. The Kier molecular flexibility index (Phi) is 3.52.